The van der Waals surface area contributed by atoms with E-state index in [9.17, 15) is 5.11 Å². The average Bonchev–Trinajstić information content (AvgIpc) is 3.96. The van der Waals surface area contributed by atoms with Crippen LogP contribution < -0.4 is 0 Å². The first-order chi connectivity index (χ1) is 29.8. The topological polar surface area (TPSA) is 55.3 Å². The Bertz CT molecular complexity index is 3710. The molecule has 0 amide bonds. The molecule has 8 aromatic carbocycles. The number of rotatable bonds is 5. The third kappa shape index (κ3) is 5.72. The maximum Gasteiger partial charge on any atom is 0.149 e. The van der Waals surface area contributed by atoms with Crippen LogP contribution in [0.2, 0.25) is 0 Å². The summed E-state index contributed by atoms with van der Waals surface area (Å²) in [6.07, 6.45) is 0. The van der Waals surface area contributed by atoms with E-state index >= 15 is 0 Å². The second kappa shape index (κ2) is 14.3. The molecule has 4 heterocycles. The number of fused-ring (bicyclic) bond motifs is 9. The molecule has 5 nitrogen and oxygen atoms in total. The zero-order chi connectivity index (χ0) is 41.0. The van der Waals surface area contributed by atoms with Crippen LogP contribution in [0, 0.1) is 6.07 Å². The summed E-state index contributed by atoms with van der Waals surface area (Å²) < 4.78 is 4.65. The summed E-state index contributed by atoms with van der Waals surface area (Å²) in [5.41, 5.74) is 13.9. The van der Waals surface area contributed by atoms with Gasteiger partial charge in [0.15, 0.2) is 0 Å². The van der Waals surface area contributed by atoms with Crippen LogP contribution in [0.5, 0.6) is 5.75 Å². The molecule has 0 radical (unpaired) electrons. The predicted octanol–water partition coefficient (Wildman–Crippen LogP) is 14.2. The number of phenols is 1. The van der Waals surface area contributed by atoms with Crippen LogP contribution in [0.25, 0.3) is 111 Å². The van der Waals surface area contributed by atoms with Crippen molar-refractivity contribution in [2.75, 3.05) is 0 Å². The number of hydrogen-bond donors (Lipinski definition) is 1. The SMILES string of the molecule is CC(C)(C)c1ccc(-n2c(-c3ccccc3O)nc3c(-c4cccc(-c5[c-]cc6ccc7c8cccc9c%10ccccc%10n(c7c6c5)c98)n4)cccc32)c(-c2ccccc2)c1.[Pt]. The normalized spacial score (nSPS) is 12.0. The summed E-state index contributed by atoms with van der Waals surface area (Å²) in [7, 11) is 0. The van der Waals surface area contributed by atoms with Crippen molar-refractivity contribution in [2.45, 2.75) is 26.2 Å². The van der Waals surface area contributed by atoms with E-state index in [2.05, 4.69) is 181 Å². The van der Waals surface area contributed by atoms with E-state index in [0.717, 1.165) is 61.1 Å². The van der Waals surface area contributed by atoms with Gasteiger partial charge in [-0.1, -0.05) is 153 Å². The average molecular weight is 979 g/mol. The van der Waals surface area contributed by atoms with Crippen molar-refractivity contribution < 1.29 is 26.2 Å². The second-order valence-electron chi connectivity index (χ2n) is 17.1. The zero-order valence-electron chi connectivity index (χ0n) is 34.3. The second-order valence-corrected chi connectivity index (χ2v) is 17.1. The Balaban J connectivity index is 0.00000432. The number of aromatic nitrogens is 4. The third-order valence-electron chi connectivity index (χ3n) is 12.5. The van der Waals surface area contributed by atoms with Gasteiger partial charge in [0, 0.05) is 59.3 Å². The fourth-order valence-corrected chi connectivity index (χ4v) is 9.49. The summed E-state index contributed by atoms with van der Waals surface area (Å²) in [6, 6.07) is 64.9. The molecule has 12 rings (SSSR count). The molecule has 0 spiro atoms. The van der Waals surface area contributed by atoms with Crippen molar-refractivity contribution in [1.82, 2.24) is 18.9 Å². The Morgan fingerprint density at radius 1 is 0.532 bits per heavy atom. The summed E-state index contributed by atoms with van der Waals surface area (Å²) in [6.45, 7) is 6.73. The van der Waals surface area contributed by atoms with Gasteiger partial charge in [0.1, 0.15) is 11.6 Å². The molecule has 4 aromatic heterocycles. The van der Waals surface area contributed by atoms with Gasteiger partial charge in [-0.05, 0) is 64.7 Å². The molecule has 300 valence electrons. The number of imidazole rings is 1. The van der Waals surface area contributed by atoms with Gasteiger partial charge in [-0.3, -0.25) is 9.55 Å². The predicted molar refractivity (Wildman–Crippen MR) is 252 cm³/mol. The third-order valence-corrected chi connectivity index (χ3v) is 12.5. The molecule has 0 aliphatic carbocycles. The molecular formula is C56H39N4OPt-. The van der Waals surface area contributed by atoms with Gasteiger partial charge in [0.2, 0.25) is 0 Å². The minimum atomic E-state index is -0.0555. The molecule has 0 aliphatic rings. The Labute approximate surface area is 373 Å². The Morgan fingerprint density at radius 3 is 2.03 bits per heavy atom. The van der Waals surface area contributed by atoms with E-state index < -0.39 is 0 Å². The molecule has 12 aromatic rings. The first kappa shape index (κ1) is 37.9. The molecule has 6 heteroatoms. The van der Waals surface area contributed by atoms with E-state index in [1.165, 1.54) is 43.7 Å². The van der Waals surface area contributed by atoms with E-state index in [1.807, 2.05) is 24.3 Å². The minimum absolute atomic E-state index is 0. The fraction of sp³-hybridized carbons (Fsp3) is 0.0714. The monoisotopic (exact) mass is 978 g/mol. The van der Waals surface area contributed by atoms with Crippen molar-refractivity contribution in [2.24, 2.45) is 0 Å². The summed E-state index contributed by atoms with van der Waals surface area (Å²) in [5, 5.41) is 18.7. The van der Waals surface area contributed by atoms with E-state index in [-0.39, 0.29) is 32.2 Å². The van der Waals surface area contributed by atoms with Gasteiger partial charge >= 0.3 is 0 Å². The number of phenolic OH excluding ortho intramolecular Hbond substituents is 1. The van der Waals surface area contributed by atoms with Crippen molar-refractivity contribution in [3.05, 3.63) is 188 Å². The van der Waals surface area contributed by atoms with Crippen molar-refractivity contribution in [1.29, 1.82) is 0 Å². The van der Waals surface area contributed by atoms with Gasteiger partial charge in [0.05, 0.1) is 39.0 Å². The Morgan fingerprint density at radius 2 is 1.19 bits per heavy atom. The number of aromatic hydroxyl groups is 1. The standard InChI is InChI=1S/C56H39N4O.Pt/c1-56(2,3)37-29-31-49(44(33-37)34-14-5-4-6-15-34)59-50-24-12-20-42(52(50)58-55(59)43-17-8-10-25-51(43)61)47-22-13-21-46(57-47)36-27-26-35-28-30-41-40-19-11-18-39-38-16-7-9-23-48(38)60(53(39)40)54(41)45(35)32-36;/h4-26,28-33,61H,1-3H3;/q-1;. The Kier molecular flexibility index (Phi) is 8.72. The van der Waals surface area contributed by atoms with Crippen LogP contribution in [0.1, 0.15) is 26.3 Å². The minimum Gasteiger partial charge on any atom is -0.507 e. The van der Waals surface area contributed by atoms with E-state index in [1.54, 1.807) is 6.07 Å². The van der Waals surface area contributed by atoms with Crippen LogP contribution in [-0.2, 0) is 26.5 Å². The van der Waals surface area contributed by atoms with Gasteiger partial charge < -0.3 is 9.51 Å². The number of benzene rings is 8. The van der Waals surface area contributed by atoms with E-state index in [4.69, 9.17) is 9.97 Å². The molecule has 0 saturated heterocycles. The summed E-state index contributed by atoms with van der Waals surface area (Å²) in [4.78, 5) is 10.7. The van der Waals surface area contributed by atoms with Crippen molar-refractivity contribution >= 4 is 59.9 Å². The molecule has 1 N–H and O–H groups in total. The molecule has 0 fully saturated rings. The molecule has 62 heavy (non-hydrogen) atoms. The van der Waals surface area contributed by atoms with Crippen LogP contribution in [0.3, 0.4) is 0 Å². The first-order valence-electron chi connectivity index (χ1n) is 20.8. The van der Waals surface area contributed by atoms with E-state index in [0.29, 0.717) is 11.4 Å². The maximum absolute atomic E-state index is 11.3. The fourth-order valence-electron chi connectivity index (χ4n) is 9.49. The molecular weight excluding hydrogens is 940 g/mol. The van der Waals surface area contributed by atoms with Crippen LogP contribution in [0.15, 0.2) is 176 Å². The number of nitrogens with zero attached hydrogens (tertiary/aromatic N) is 4. The summed E-state index contributed by atoms with van der Waals surface area (Å²) in [5.74, 6) is 0.824. The summed E-state index contributed by atoms with van der Waals surface area (Å²) >= 11 is 0. The van der Waals surface area contributed by atoms with Gasteiger partial charge in [-0.2, -0.15) is 0 Å². The van der Waals surface area contributed by atoms with Crippen molar-refractivity contribution in [3.63, 3.8) is 0 Å². The van der Waals surface area contributed by atoms with Crippen LogP contribution >= 0.6 is 0 Å². The smallest absolute Gasteiger partial charge is 0.149 e. The van der Waals surface area contributed by atoms with Crippen LogP contribution in [-0.4, -0.2) is 24.0 Å². The first-order valence-corrected chi connectivity index (χ1v) is 20.8. The molecule has 0 atom stereocenters. The quantitative estimate of drug-likeness (QED) is 0.175. The van der Waals surface area contributed by atoms with Gasteiger partial charge in [-0.25, -0.2) is 4.98 Å². The van der Waals surface area contributed by atoms with Crippen molar-refractivity contribution in [3.8, 4) is 56.5 Å². The molecule has 0 bridgehead atoms. The van der Waals surface area contributed by atoms with Gasteiger partial charge in [-0.15, -0.1) is 23.8 Å². The molecule has 0 unspecified atom stereocenters. The Hall–Kier alpha value is -7.07. The largest absolute Gasteiger partial charge is 0.507 e. The number of pyridine rings is 1. The number of hydrogen-bond acceptors (Lipinski definition) is 3. The van der Waals surface area contributed by atoms with Gasteiger partial charge in [0.25, 0.3) is 0 Å². The molecule has 0 saturated carbocycles. The zero-order valence-corrected chi connectivity index (χ0v) is 36.6. The number of para-hydroxylation sites is 4. The maximum atomic E-state index is 11.3. The van der Waals surface area contributed by atoms with Crippen LogP contribution in [0.4, 0.5) is 0 Å². The molecule has 0 aliphatic heterocycles.